The Kier molecular flexibility index (Phi) is 2.83. The lowest BCUT2D eigenvalue weighted by atomic mass is 10.1. The Labute approximate surface area is 129 Å². The van der Waals surface area contributed by atoms with Gasteiger partial charge in [0.2, 0.25) is 0 Å². The van der Waals surface area contributed by atoms with E-state index in [0.29, 0.717) is 17.0 Å². The second kappa shape index (κ2) is 4.85. The number of phenolic OH excluding ortho intramolecular Hbond substituents is 1. The summed E-state index contributed by atoms with van der Waals surface area (Å²) in [5.41, 5.74) is 3.16. The van der Waals surface area contributed by atoms with Crippen molar-refractivity contribution in [1.29, 1.82) is 0 Å². The normalized spacial score (nSPS) is 11.1. The Morgan fingerprint density at radius 2 is 2.14 bits per heavy atom. The number of rotatable bonds is 3. The second-order valence-electron chi connectivity index (χ2n) is 4.73. The highest BCUT2D eigenvalue weighted by atomic mass is 32.1. The predicted molar refractivity (Wildman–Crippen MR) is 86.0 cm³/mol. The first kappa shape index (κ1) is 12.8. The Bertz CT molecular complexity index is 908. The van der Waals surface area contributed by atoms with Crippen LogP contribution in [0.3, 0.4) is 0 Å². The van der Waals surface area contributed by atoms with Crippen LogP contribution in [0.4, 0.5) is 5.13 Å². The van der Waals surface area contributed by atoms with Gasteiger partial charge in [0.05, 0.1) is 11.8 Å². The first-order valence-corrected chi connectivity index (χ1v) is 7.43. The number of anilines is 1. The molecule has 0 spiro atoms. The molecule has 1 aromatic carbocycles. The molecule has 0 aliphatic heterocycles. The molecule has 0 aliphatic rings. The number of fused-ring (bicyclic) bond motifs is 1. The molecule has 0 atom stereocenters. The number of aromatic nitrogens is 5. The van der Waals surface area contributed by atoms with Crippen molar-refractivity contribution in [3.8, 4) is 28.3 Å². The molecule has 0 fully saturated rings. The molecule has 3 heterocycles. The zero-order chi connectivity index (χ0) is 15.1. The molecule has 7 nitrogen and oxygen atoms in total. The molecule has 0 aliphatic carbocycles. The molecule has 4 aromatic rings. The summed E-state index contributed by atoms with van der Waals surface area (Å²) in [4.78, 5) is 12.8. The van der Waals surface area contributed by atoms with Crippen molar-refractivity contribution in [2.24, 2.45) is 0 Å². The van der Waals surface area contributed by atoms with Crippen molar-refractivity contribution in [3.63, 3.8) is 0 Å². The largest absolute Gasteiger partial charge is 0.507 e. The van der Waals surface area contributed by atoms with E-state index in [1.54, 1.807) is 18.5 Å². The first-order chi connectivity index (χ1) is 10.7. The Balaban J connectivity index is 1.75. The molecule has 3 aromatic heterocycles. The van der Waals surface area contributed by atoms with E-state index in [-0.39, 0.29) is 5.75 Å². The van der Waals surface area contributed by atoms with Crippen LogP contribution >= 0.6 is 11.3 Å². The summed E-state index contributed by atoms with van der Waals surface area (Å²) in [5.74, 6) is 0.765. The fourth-order valence-corrected chi connectivity index (χ4v) is 3.02. The molecule has 4 rings (SSSR count). The topological polar surface area (TPSA) is 103 Å². The SMILES string of the molecule is CNc1nc2[nH]c(-c3ccc(-c4cn[nH]c4)cc3O)nc2s1. The van der Waals surface area contributed by atoms with Crippen LogP contribution in [0.5, 0.6) is 5.75 Å². The number of nitrogens with zero attached hydrogens (tertiary/aromatic N) is 3. The Morgan fingerprint density at radius 1 is 1.23 bits per heavy atom. The highest BCUT2D eigenvalue weighted by Gasteiger charge is 2.14. The van der Waals surface area contributed by atoms with E-state index in [0.717, 1.165) is 21.1 Å². The van der Waals surface area contributed by atoms with Crippen LogP contribution in [0.15, 0.2) is 30.6 Å². The molecule has 8 heteroatoms. The van der Waals surface area contributed by atoms with Crippen LogP contribution in [-0.2, 0) is 0 Å². The van der Waals surface area contributed by atoms with E-state index in [4.69, 9.17) is 0 Å². The van der Waals surface area contributed by atoms with E-state index in [1.807, 2.05) is 19.2 Å². The number of hydrogen-bond donors (Lipinski definition) is 4. The number of aromatic amines is 2. The van der Waals surface area contributed by atoms with Crippen molar-refractivity contribution < 1.29 is 5.11 Å². The van der Waals surface area contributed by atoms with Crippen molar-refractivity contribution in [2.45, 2.75) is 0 Å². The maximum atomic E-state index is 10.3. The van der Waals surface area contributed by atoms with E-state index >= 15 is 0 Å². The Hall–Kier alpha value is -2.87. The number of phenols is 1. The third-order valence-electron chi connectivity index (χ3n) is 3.36. The fraction of sp³-hybridized carbons (Fsp3) is 0.0714. The van der Waals surface area contributed by atoms with Crippen LogP contribution in [0.25, 0.3) is 33.0 Å². The highest BCUT2D eigenvalue weighted by molar-refractivity contribution is 7.21. The van der Waals surface area contributed by atoms with Gasteiger partial charge in [0.25, 0.3) is 0 Å². The van der Waals surface area contributed by atoms with Gasteiger partial charge in [0.15, 0.2) is 15.6 Å². The minimum absolute atomic E-state index is 0.161. The van der Waals surface area contributed by atoms with Crippen molar-refractivity contribution in [2.75, 3.05) is 12.4 Å². The average Bonchev–Trinajstić information content (AvgIpc) is 3.22. The maximum absolute atomic E-state index is 10.3. The number of imidazole rings is 1. The number of H-pyrrole nitrogens is 2. The summed E-state index contributed by atoms with van der Waals surface area (Å²) >= 11 is 1.46. The van der Waals surface area contributed by atoms with E-state index in [2.05, 4.69) is 30.5 Å². The summed E-state index contributed by atoms with van der Waals surface area (Å²) in [7, 11) is 1.82. The average molecular weight is 312 g/mol. The third kappa shape index (κ3) is 2.01. The van der Waals surface area contributed by atoms with Gasteiger partial charge < -0.3 is 15.4 Å². The maximum Gasteiger partial charge on any atom is 0.186 e. The smallest absolute Gasteiger partial charge is 0.186 e. The van der Waals surface area contributed by atoms with Gasteiger partial charge in [-0.1, -0.05) is 17.4 Å². The van der Waals surface area contributed by atoms with Crippen LogP contribution in [0.1, 0.15) is 0 Å². The molecular formula is C14H12N6OS. The van der Waals surface area contributed by atoms with E-state index < -0.39 is 0 Å². The van der Waals surface area contributed by atoms with Crippen LogP contribution in [0, 0.1) is 0 Å². The minimum atomic E-state index is 0.161. The van der Waals surface area contributed by atoms with Crippen molar-refractivity contribution in [3.05, 3.63) is 30.6 Å². The molecule has 0 radical (unpaired) electrons. The first-order valence-electron chi connectivity index (χ1n) is 6.61. The van der Waals surface area contributed by atoms with Gasteiger partial charge in [-0.15, -0.1) is 0 Å². The molecule has 4 N–H and O–H groups in total. The van der Waals surface area contributed by atoms with Crippen molar-refractivity contribution >= 4 is 26.9 Å². The summed E-state index contributed by atoms with van der Waals surface area (Å²) in [6, 6.07) is 5.45. The Morgan fingerprint density at radius 3 is 2.82 bits per heavy atom. The van der Waals surface area contributed by atoms with E-state index in [1.165, 1.54) is 11.3 Å². The highest BCUT2D eigenvalue weighted by Crippen LogP contribution is 2.34. The molecule has 0 saturated carbocycles. The van der Waals surface area contributed by atoms with Gasteiger partial charge in [0, 0.05) is 18.8 Å². The molecule has 110 valence electrons. The monoisotopic (exact) mass is 312 g/mol. The third-order valence-corrected chi connectivity index (χ3v) is 4.32. The number of aromatic hydroxyl groups is 1. The summed E-state index contributed by atoms with van der Waals surface area (Å²) in [5, 5.41) is 20.7. The number of hydrogen-bond acceptors (Lipinski definition) is 6. The van der Waals surface area contributed by atoms with Gasteiger partial charge in [-0.25, -0.2) is 9.97 Å². The van der Waals surface area contributed by atoms with Crippen LogP contribution < -0.4 is 5.32 Å². The lowest BCUT2D eigenvalue weighted by Crippen LogP contribution is -1.86. The molecule has 0 saturated heterocycles. The number of nitrogens with one attached hydrogen (secondary N) is 3. The lowest BCUT2D eigenvalue weighted by Gasteiger charge is -2.04. The van der Waals surface area contributed by atoms with Crippen molar-refractivity contribution in [1.82, 2.24) is 25.1 Å². The molecule has 0 amide bonds. The second-order valence-corrected chi connectivity index (χ2v) is 5.70. The van der Waals surface area contributed by atoms with Gasteiger partial charge in [-0.2, -0.15) is 5.10 Å². The van der Waals surface area contributed by atoms with Gasteiger partial charge in [0.1, 0.15) is 11.6 Å². The fourth-order valence-electron chi connectivity index (χ4n) is 2.27. The molecular weight excluding hydrogens is 300 g/mol. The lowest BCUT2D eigenvalue weighted by molar-refractivity contribution is 0.477. The molecule has 0 bridgehead atoms. The zero-order valence-electron chi connectivity index (χ0n) is 11.6. The van der Waals surface area contributed by atoms with Crippen LogP contribution in [-0.4, -0.2) is 37.3 Å². The summed E-state index contributed by atoms with van der Waals surface area (Å²) in [6.45, 7) is 0. The number of thiazole rings is 1. The van der Waals surface area contributed by atoms with Gasteiger partial charge in [-0.3, -0.25) is 5.10 Å². The zero-order valence-corrected chi connectivity index (χ0v) is 12.4. The summed E-state index contributed by atoms with van der Waals surface area (Å²) in [6.07, 6.45) is 3.49. The van der Waals surface area contributed by atoms with E-state index in [9.17, 15) is 5.11 Å². The van der Waals surface area contributed by atoms with Gasteiger partial charge >= 0.3 is 0 Å². The quantitative estimate of drug-likeness (QED) is 0.466. The van der Waals surface area contributed by atoms with Crippen LogP contribution in [0.2, 0.25) is 0 Å². The van der Waals surface area contributed by atoms with Gasteiger partial charge in [-0.05, 0) is 17.7 Å². The number of benzene rings is 1. The standard InChI is InChI=1S/C14H12N6OS/c1-15-14-20-12-13(22-14)19-11(18-12)9-3-2-7(4-10(9)21)8-5-16-17-6-8/h2-6,21H,1H3,(H,15,20)(H,16,17)(H,18,19). The molecule has 22 heavy (non-hydrogen) atoms. The summed E-state index contributed by atoms with van der Waals surface area (Å²) < 4.78 is 0. The molecule has 0 unspecified atom stereocenters. The minimum Gasteiger partial charge on any atom is -0.507 e. The predicted octanol–water partition coefficient (Wildman–Crippen LogP) is 2.82.